The highest BCUT2D eigenvalue weighted by molar-refractivity contribution is 5.83. The number of fused-ring (bicyclic) bond motifs is 1. The molecule has 0 bridgehead atoms. The molecule has 3 heterocycles. The van der Waals surface area contributed by atoms with Gasteiger partial charge in [0.2, 0.25) is 5.95 Å². The molecule has 8 nitrogen and oxygen atoms in total. The topological polar surface area (TPSA) is 112 Å². The average Bonchev–Trinajstić information content (AvgIpc) is 3.07. The molecular formula is C17H23N7O. The molecule has 0 saturated carbocycles. The summed E-state index contributed by atoms with van der Waals surface area (Å²) >= 11 is 0. The van der Waals surface area contributed by atoms with Crippen LogP contribution in [0.15, 0.2) is 30.9 Å². The Kier molecular flexibility index (Phi) is 5.08. The summed E-state index contributed by atoms with van der Waals surface area (Å²) in [5.74, 6) is 1.09. The largest absolute Gasteiger partial charge is 0.388 e. The molecule has 0 amide bonds. The van der Waals surface area contributed by atoms with E-state index in [1.54, 1.807) is 25.6 Å². The summed E-state index contributed by atoms with van der Waals surface area (Å²) in [5, 5.41) is 16.7. The summed E-state index contributed by atoms with van der Waals surface area (Å²) in [6.07, 6.45) is 6.75. The number of H-pyrrole nitrogens is 1. The highest BCUT2D eigenvalue weighted by atomic mass is 16.3. The maximum atomic E-state index is 10.3. The highest BCUT2D eigenvalue weighted by Gasteiger charge is 2.19. The van der Waals surface area contributed by atoms with Crippen molar-refractivity contribution in [3.05, 3.63) is 36.4 Å². The molecule has 0 spiro atoms. The number of hydrogen-bond donors (Lipinski definition) is 4. The van der Waals surface area contributed by atoms with Crippen LogP contribution in [0.3, 0.4) is 0 Å². The van der Waals surface area contributed by atoms with Crippen molar-refractivity contribution in [2.75, 3.05) is 17.2 Å². The van der Waals surface area contributed by atoms with Gasteiger partial charge in [0.05, 0.1) is 11.9 Å². The van der Waals surface area contributed by atoms with Gasteiger partial charge in [0.15, 0.2) is 11.5 Å². The molecule has 4 N–H and O–H groups in total. The van der Waals surface area contributed by atoms with E-state index in [1.807, 2.05) is 19.1 Å². The lowest BCUT2D eigenvalue weighted by atomic mass is 10.0. The standard InChI is InChI=1S/C17H23N7O/c1-3-6-17(2,25)10-20-16-23-14(13-15(24-16)22-11-21-13)19-9-12-5-4-7-18-8-12/h4-5,7-8,11,25H,3,6,9-10H2,1-2H3,(H3,19,20,21,22,23,24). The fraction of sp³-hybridized carbons (Fsp3) is 0.412. The van der Waals surface area contributed by atoms with Crippen molar-refractivity contribution in [1.82, 2.24) is 24.9 Å². The molecule has 25 heavy (non-hydrogen) atoms. The second-order valence-corrected chi connectivity index (χ2v) is 6.31. The predicted octanol–water partition coefficient (Wildman–Crippen LogP) is 2.32. The van der Waals surface area contributed by atoms with Gasteiger partial charge >= 0.3 is 0 Å². The number of anilines is 2. The number of aromatic amines is 1. The molecule has 8 heteroatoms. The Morgan fingerprint density at radius 3 is 2.92 bits per heavy atom. The number of aromatic nitrogens is 5. The summed E-state index contributed by atoms with van der Waals surface area (Å²) in [6, 6.07) is 3.89. The van der Waals surface area contributed by atoms with Gasteiger partial charge in [0.1, 0.15) is 5.52 Å². The molecule has 132 valence electrons. The van der Waals surface area contributed by atoms with Gasteiger partial charge in [-0.25, -0.2) is 4.98 Å². The monoisotopic (exact) mass is 341 g/mol. The van der Waals surface area contributed by atoms with E-state index in [9.17, 15) is 5.11 Å². The zero-order valence-electron chi connectivity index (χ0n) is 14.5. The van der Waals surface area contributed by atoms with Gasteiger partial charge in [-0.3, -0.25) is 4.98 Å². The lowest BCUT2D eigenvalue weighted by Gasteiger charge is -2.23. The molecule has 0 aliphatic rings. The summed E-state index contributed by atoms with van der Waals surface area (Å²) in [4.78, 5) is 20.3. The first-order chi connectivity index (χ1) is 12.1. The van der Waals surface area contributed by atoms with Gasteiger partial charge in [0.25, 0.3) is 0 Å². The number of hydrogen-bond acceptors (Lipinski definition) is 7. The van der Waals surface area contributed by atoms with E-state index in [0.717, 1.165) is 17.5 Å². The summed E-state index contributed by atoms with van der Waals surface area (Å²) in [6.45, 7) is 4.81. The second-order valence-electron chi connectivity index (χ2n) is 6.31. The lowest BCUT2D eigenvalue weighted by Crippen LogP contribution is -2.33. The lowest BCUT2D eigenvalue weighted by molar-refractivity contribution is 0.0635. The van der Waals surface area contributed by atoms with Crippen molar-refractivity contribution in [3.8, 4) is 0 Å². The zero-order valence-corrected chi connectivity index (χ0v) is 14.5. The van der Waals surface area contributed by atoms with Gasteiger partial charge in [-0.1, -0.05) is 19.4 Å². The van der Waals surface area contributed by atoms with Crippen LogP contribution in [-0.2, 0) is 6.54 Å². The van der Waals surface area contributed by atoms with E-state index >= 15 is 0 Å². The average molecular weight is 341 g/mol. The van der Waals surface area contributed by atoms with Crippen molar-refractivity contribution in [1.29, 1.82) is 0 Å². The van der Waals surface area contributed by atoms with Crippen molar-refractivity contribution in [3.63, 3.8) is 0 Å². The Labute approximate surface area is 146 Å². The van der Waals surface area contributed by atoms with Crippen molar-refractivity contribution in [2.24, 2.45) is 0 Å². The molecule has 0 radical (unpaired) electrons. The highest BCUT2D eigenvalue weighted by Crippen LogP contribution is 2.20. The van der Waals surface area contributed by atoms with E-state index in [2.05, 4.69) is 35.6 Å². The van der Waals surface area contributed by atoms with Crippen LogP contribution in [0, 0.1) is 0 Å². The number of imidazole rings is 1. The molecule has 0 saturated heterocycles. The number of nitrogens with zero attached hydrogens (tertiary/aromatic N) is 4. The smallest absolute Gasteiger partial charge is 0.226 e. The fourth-order valence-corrected chi connectivity index (χ4v) is 2.63. The van der Waals surface area contributed by atoms with Crippen LogP contribution in [0.25, 0.3) is 11.2 Å². The minimum Gasteiger partial charge on any atom is -0.388 e. The normalized spacial score (nSPS) is 13.6. The zero-order chi connectivity index (χ0) is 17.7. The van der Waals surface area contributed by atoms with Crippen LogP contribution in [-0.4, -0.2) is 42.2 Å². The van der Waals surface area contributed by atoms with Crippen LogP contribution in [0.4, 0.5) is 11.8 Å². The quantitative estimate of drug-likeness (QED) is 0.497. The van der Waals surface area contributed by atoms with E-state index in [4.69, 9.17) is 0 Å². The summed E-state index contributed by atoms with van der Waals surface area (Å²) in [7, 11) is 0. The molecule has 1 unspecified atom stereocenters. The molecule has 0 aromatic carbocycles. The Hall–Kier alpha value is -2.74. The van der Waals surface area contributed by atoms with E-state index < -0.39 is 5.60 Å². The molecule has 3 aromatic heterocycles. The number of aliphatic hydroxyl groups is 1. The Bertz CT molecular complexity index is 816. The number of pyridine rings is 1. The number of nitrogens with one attached hydrogen (secondary N) is 3. The van der Waals surface area contributed by atoms with Crippen LogP contribution in [0.1, 0.15) is 32.3 Å². The maximum Gasteiger partial charge on any atom is 0.226 e. The van der Waals surface area contributed by atoms with Crippen LogP contribution >= 0.6 is 0 Å². The Morgan fingerprint density at radius 2 is 2.16 bits per heavy atom. The van der Waals surface area contributed by atoms with Gasteiger partial charge in [-0.15, -0.1) is 0 Å². The van der Waals surface area contributed by atoms with E-state index in [-0.39, 0.29) is 0 Å². The molecule has 1 atom stereocenters. The fourth-order valence-electron chi connectivity index (χ4n) is 2.63. The minimum absolute atomic E-state index is 0.374. The van der Waals surface area contributed by atoms with Gasteiger partial charge in [0, 0.05) is 25.5 Å². The van der Waals surface area contributed by atoms with Gasteiger partial charge in [-0.05, 0) is 25.0 Å². The maximum absolute atomic E-state index is 10.3. The first-order valence-corrected chi connectivity index (χ1v) is 8.37. The summed E-state index contributed by atoms with van der Waals surface area (Å²) in [5.41, 5.74) is 1.56. The van der Waals surface area contributed by atoms with Gasteiger partial charge in [-0.2, -0.15) is 9.97 Å². The molecule has 3 rings (SSSR count). The molecule has 3 aromatic rings. The molecule has 0 aliphatic heterocycles. The Morgan fingerprint density at radius 1 is 1.28 bits per heavy atom. The third kappa shape index (κ3) is 4.42. The molecular weight excluding hydrogens is 318 g/mol. The Balaban J connectivity index is 1.76. The van der Waals surface area contributed by atoms with Gasteiger partial charge < -0.3 is 20.7 Å². The first-order valence-electron chi connectivity index (χ1n) is 8.37. The van der Waals surface area contributed by atoms with E-state index in [1.165, 1.54) is 0 Å². The number of rotatable bonds is 8. The second kappa shape index (κ2) is 7.43. The summed E-state index contributed by atoms with van der Waals surface area (Å²) < 4.78 is 0. The van der Waals surface area contributed by atoms with E-state index in [0.29, 0.717) is 36.9 Å². The third-order valence-corrected chi connectivity index (χ3v) is 3.88. The van der Waals surface area contributed by atoms with Crippen molar-refractivity contribution in [2.45, 2.75) is 38.8 Å². The van der Waals surface area contributed by atoms with Crippen LogP contribution < -0.4 is 10.6 Å². The van der Waals surface area contributed by atoms with Crippen LogP contribution in [0.2, 0.25) is 0 Å². The minimum atomic E-state index is -0.804. The SMILES string of the molecule is CCCC(C)(O)CNc1nc(NCc2cccnc2)c2[nH]cnc2n1. The first kappa shape index (κ1) is 17.1. The van der Waals surface area contributed by atoms with Crippen molar-refractivity contribution >= 4 is 22.9 Å². The molecule has 0 aliphatic carbocycles. The van der Waals surface area contributed by atoms with Crippen molar-refractivity contribution < 1.29 is 5.11 Å². The molecule has 0 fully saturated rings. The third-order valence-electron chi connectivity index (χ3n) is 3.88. The predicted molar refractivity (Wildman–Crippen MR) is 97.3 cm³/mol. The van der Waals surface area contributed by atoms with Crippen LogP contribution in [0.5, 0.6) is 0 Å².